The Bertz CT molecular complexity index is 1340. The summed E-state index contributed by atoms with van der Waals surface area (Å²) in [6.07, 6.45) is 66.2. The zero-order valence-corrected chi connectivity index (χ0v) is 38.9. The van der Waals surface area contributed by atoms with Crippen LogP contribution in [0.25, 0.3) is 0 Å². The topological polar surface area (TPSA) is 78.9 Å². The molecule has 0 aromatic rings. The largest absolute Gasteiger partial charge is 0.462 e. The Morgan fingerprint density at radius 3 is 1.30 bits per heavy atom. The number of unbranched alkanes of at least 4 members (excludes halogenated alkanes) is 13. The summed E-state index contributed by atoms with van der Waals surface area (Å²) in [5.41, 5.74) is 0. The van der Waals surface area contributed by atoms with Crippen LogP contribution < -0.4 is 0 Å². The Morgan fingerprint density at radius 2 is 0.754 bits per heavy atom. The summed E-state index contributed by atoms with van der Waals surface area (Å²) in [6.45, 7) is 6.23. The molecule has 0 saturated heterocycles. The first kappa shape index (κ1) is 56.8. The third kappa shape index (κ3) is 46.7. The van der Waals surface area contributed by atoms with Gasteiger partial charge in [-0.05, 0) is 96.3 Å². The van der Waals surface area contributed by atoms with Crippen molar-refractivity contribution >= 4 is 17.9 Å². The molecule has 0 bridgehead atoms. The maximum Gasteiger partial charge on any atom is 0.306 e. The lowest BCUT2D eigenvalue weighted by molar-refractivity contribution is -0.166. The van der Waals surface area contributed by atoms with E-state index in [0.717, 1.165) is 96.3 Å². The second-order valence-corrected chi connectivity index (χ2v) is 15.3. The van der Waals surface area contributed by atoms with Gasteiger partial charge in [0.25, 0.3) is 0 Å². The summed E-state index contributed by atoms with van der Waals surface area (Å²) in [5, 5.41) is 0. The molecule has 6 heteroatoms. The van der Waals surface area contributed by atoms with E-state index in [1.165, 1.54) is 44.9 Å². The minimum Gasteiger partial charge on any atom is -0.462 e. The summed E-state index contributed by atoms with van der Waals surface area (Å²) in [4.78, 5) is 37.8. The number of allylic oxidation sites excluding steroid dienone is 20. The molecule has 1 atom stereocenters. The molecule has 6 nitrogen and oxygen atoms in total. The van der Waals surface area contributed by atoms with E-state index in [0.29, 0.717) is 12.8 Å². The standard InChI is InChI=1S/C55H86O6/c1-4-7-10-13-16-19-22-25-27-28-31-33-36-39-42-45-48-54(57)60-51-52(50-59-53(56)47-44-41-38-35-32-29-24-21-18-15-12-9-6-3)61-55(58)49-46-43-40-37-34-30-26-23-20-17-14-11-8-5-2/h7,9-10,12,15-16,18-19,21,24-25,27,29-34,39,42,52H,4-6,8,11,13-14,17,20,22-23,26,28,35-38,40-41,43-51H2,1-3H3/b10-7+,12-9+,18-15+,19-16+,24-21+,27-25+,32-29+,33-31+,34-30+,42-39+. The van der Waals surface area contributed by atoms with E-state index in [4.69, 9.17) is 14.2 Å². The van der Waals surface area contributed by atoms with E-state index in [1.807, 2.05) is 48.6 Å². The Morgan fingerprint density at radius 1 is 0.361 bits per heavy atom. The maximum atomic E-state index is 12.8. The molecule has 0 radical (unpaired) electrons. The van der Waals surface area contributed by atoms with Crippen molar-refractivity contribution in [2.45, 2.75) is 194 Å². The van der Waals surface area contributed by atoms with Gasteiger partial charge in [0.05, 0.1) is 0 Å². The highest BCUT2D eigenvalue weighted by Crippen LogP contribution is 2.12. The summed E-state index contributed by atoms with van der Waals surface area (Å²) in [7, 11) is 0. The minimum atomic E-state index is -0.834. The van der Waals surface area contributed by atoms with Gasteiger partial charge in [-0.1, -0.05) is 194 Å². The van der Waals surface area contributed by atoms with Gasteiger partial charge in [0.2, 0.25) is 0 Å². The van der Waals surface area contributed by atoms with E-state index in [9.17, 15) is 14.4 Å². The summed E-state index contributed by atoms with van der Waals surface area (Å²) in [6, 6.07) is 0. The van der Waals surface area contributed by atoms with Crippen molar-refractivity contribution in [3.05, 3.63) is 122 Å². The number of ether oxygens (including phenoxy) is 3. The normalized spacial score (nSPS) is 13.2. The van der Waals surface area contributed by atoms with E-state index >= 15 is 0 Å². The summed E-state index contributed by atoms with van der Waals surface area (Å²) < 4.78 is 16.6. The molecule has 0 aromatic carbocycles. The molecule has 0 heterocycles. The maximum absolute atomic E-state index is 12.8. The quantitative estimate of drug-likeness (QED) is 0.0201. The number of esters is 3. The molecule has 342 valence electrons. The zero-order chi connectivity index (χ0) is 44.4. The van der Waals surface area contributed by atoms with Crippen molar-refractivity contribution in [3.63, 3.8) is 0 Å². The first-order valence-electron chi connectivity index (χ1n) is 24.1. The summed E-state index contributed by atoms with van der Waals surface area (Å²) >= 11 is 0. The van der Waals surface area contributed by atoms with Gasteiger partial charge in [0.15, 0.2) is 6.10 Å². The first-order chi connectivity index (χ1) is 30.0. The molecule has 0 aliphatic rings. The van der Waals surface area contributed by atoms with Crippen LogP contribution in [0, 0.1) is 0 Å². The first-order valence-corrected chi connectivity index (χ1v) is 24.1. The van der Waals surface area contributed by atoms with Crippen LogP contribution in [0.3, 0.4) is 0 Å². The average Bonchev–Trinajstić information content (AvgIpc) is 3.26. The van der Waals surface area contributed by atoms with Gasteiger partial charge < -0.3 is 14.2 Å². The Balaban J connectivity index is 4.60. The van der Waals surface area contributed by atoms with Crippen LogP contribution in [0.1, 0.15) is 188 Å². The third-order valence-corrected chi connectivity index (χ3v) is 9.54. The monoisotopic (exact) mass is 843 g/mol. The van der Waals surface area contributed by atoms with Crippen LogP contribution in [0.2, 0.25) is 0 Å². The van der Waals surface area contributed by atoms with E-state index in [2.05, 4.69) is 93.7 Å². The van der Waals surface area contributed by atoms with Crippen LogP contribution in [0.4, 0.5) is 0 Å². The fourth-order valence-electron chi connectivity index (χ4n) is 5.96. The number of hydrogen-bond acceptors (Lipinski definition) is 6. The lowest BCUT2D eigenvalue weighted by Gasteiger charge is -2.18. The van der Waals surface area contributed by atoms with Gasteiger partial charge in [-0.25, -0.2) is 0 Å². The fraction of sp³-hybridized carbons (Fsp3) is 0.582. The fourth-order valence-corrected chi connectivity index (χ4v) is 5.96. The smallest absolute Gasteiger partial charge is 0.306 e. The lowest BCUT2D eigenvalue weighted by Crippen LogP contribution is -2.30. The molecule has 61 heavy (non-hydrogen) atoms. The molecular weight excluding hydrogens is 757 g/mol. The van der Waals surface area contributed by atoms with Crippen LogP contribution in [0.15, 0.2) is 122 Å². The van der Waals surface area contributed by atoms with Crippen molar-refractivity contribution in [2.24, 2.45) is 0 Å². The average molecular weight is 843 g/mol. The van der Waals surface area contributed by atoms with Crippen molar-refractivity contribution < 1.29 is 28.6 Å². The number of hydrogen-bond donors (Lipinski definition) is 0. The van der Waals surface area contributed by atoms with Gasteiger partial charge >= 0.3 is 17.9 Å². The van der Waals surface area contributed by atoms with Gasteiger partial charge in [-0.2, -0.15) is 0 Å². The molecule has 0 N–H and O–H groups in total. The molecule has 0 saturated carbocycles. The molecule has 0 aliphatic carbocycles. The molecule has 0 spiro atoms. The highest BCUT2D eigenvalue weighted by atomic mass is 16.6. The Kier molecular flexibility index (Phi) is 45.1. The predicted molar refractivity (Wildman–Crippen MR) is 260 cm³/mol. The van der Waals surface area contributed by atoms with Crippen LogP contribution in [0.5, 0.6) is 0 Å². The van der Waals surface area contributed by atoms with E-state index < -0.39 is 6.10 Å². The molecule has 0 aromatic heterocycles. The Labute approximate surface area is 373 Å². The van der Waals surface area contributed by atoms with Gasteiger partial charge in [0, 0.05) is 19.3 Å². The van der Waals surface area contributed by atoms with Crippen LogP contribution >= 0.6 is 0 Å². The molecule has 0 aliphatic heterocycles. The molecular formula is C55H86O6. The van der Waals surface area contributed by atoms with Crippen molar-refractivity contribution in [1.82, 2.24) is 0 Å². The van der Waals surface area contributed by atoms with E-state index in [-0.39, 0.29) is 44.0 Å². The third-order valence-electron chi connectivity index (χ3n) is 9.54. The predicted octanol–water partition coefficient (Wildman–Crippen LogP) is 15.7. The van der Waals surface area contributed by atoms with Gasteiger partial charge in [-0.15, -0.1) is 0 Å². The molecule has 0 amide bonds. The van der Waals surface area contributed by atoms with Crippen molar-refractivity contribution in [2.75, 3.05) is 13.2 Å². The SMILES string of the molecule is CC/C=C/C=C/C=C/C=C/CCCCCC(=O)OCC(COC(=O)CC/C=C/C/C=C/C/C=C/C/C=C/C/C=C/CC)OC(=O)CCCCC/C=C/CCCCCCCCC. The highest BCUT2D eigenvalue weighted by Gasteiger charge is 2.19. The van der Waals surface area contributed by atoms with Crippen molar-refractivity contribution in [3.8, 4) is 0 Å². The second kappa shape index (κ2) is 48.5. The molecule has 0 rings (SSSR count). The zero-order valence-electron chi connectivity index (χ0n) is 38.9. The highest BCUT2D eigenvalue weighted by molar-refractivity contribution is 5.71. The number of rotatable bonds is 41. The second-order valence-electron chi connectivity index (χ2n) is 15.3. The Hall–Kier alpha value is -4.19. The van der Waals surface area contributed by atoms with Gasteiger partial charge in [-0.3, -0.25) is 14.4 Å². The number of carbonyl (C=O) groups is 3. The number of carbonyl (C=O) groups excluding carboxylic acids is 3. The summed E-state index contributed by atoms with van der Waals surface area (Å²) in [5.74, 6) is -1.08. The molecule has 1 unspecified atom stereocenters. The van der Waals surface area contributed by atoms with Crippen LogP contribution in [-0.4, -0.2) is 37.2 Å². The molecule has 0 fully saturated rings. The lowest BCUT2D eigenvalue weighted by atomic mass is 10.1. The minimum absolute atomic E-state index is 0.131. The van der Waals surface area contributed by atoms with E-state index in [1.54, 1.807) is 0 Å². The van der Waals surface area contributed by atoms with Gasteiger partial charge in [0.1, 0.15) is 13.2 Å². The van der Waals surface area contributed by atoms with Crippen LogP contribution in [-0.2, 0) is 28.6 Å². The van der Waals surface area contributed by atoms with Crippen molar-refractivity contribution in [1.29, 1.82) is 0 Å².